The summed E-state index contributed by atoms with van der Waals surface area (Å²) in [6.45, 7) is 2.43. The van der Waals surface area contributed by atoms with E-state index in [1.165, 1.54) is 13.1 Å². The van der Waals surface area contributed by atoms with Gasteiger partial charge in [0.1, 0.15) is 6.54 Å². The van der Waals surface area contributed by atoms with Gasteiger partial charge in [-0.1, -0.05) is 0 Å². The molecular formula is C8H12N2O2. The lowest BCUT2D eigenvalue weighted by atomic mass is 10.2. The van der Waals surface area contributed by atoms with Crippen molar-refractivity contribution >= 4 is 5.91 Å². The molecule has 0 aliphatic carbocycles. The molecule has 1 rings (SSSR count). The fourth-order valence-electron chi connectivity index (χ4n) is 0.925. The topological polar surface area (TPSA) is 56.6 Å². The van der Waals surface area contributed by atoms with E-state index >= 15 is 0 Å². The molecule has 1 unspecified atom stereocenters. The van der Waals surface area contributed by atoms with Gasteiger partial charge in [-0.25, -0.2) is 0 Å². The maximum Gasteiger partial charge on any atom is 0.217 e. The first-order chi connectivity index (χ1) is 5.68. The Balaban J connectivity index is 2.35. The molecule has 0 spiro atoms. The van der Waals surface area contributed by atoms with Crippen LogP contribution in [-0.2, 0) is 4.79 Å². The summed E-state index contributed by atoms with van der Waals surface area (Å²) < 4.78 is 0. The van der Waals surface area contributed by atoms with E-state index in [2.05, 4.69) is 5.32 Å². The molecule has 1 heterocycles. The fourth-order valence-corrected chi connectivity index (χ4v) is 0.925. The minimum absolute atomic E-state index is 0.0544. The Morgan fingerprint density at radius 2 is 2.58 bits per heavy atom. The van der Waals surface area contributed by atoms with Gasteiger partial charge in [0, 0.05) is 13.5 Å². The van der Waals surface area contributed by atoms with Crippen LogP contribution in [0.25, 0.3) is 0 Å². The molecule has 1 aliphatic rings. The van der Waals surface area contributed by atoms with Gasteiger partial charge >= 0.3 is 0 Å². The Labute approximate surface area is 71.1 Å². The van der Waals surface area contributed by atoms with E-state index in [9.17, 15) is 10.0 Å². The zero-order valence-corrected chi connectivity index (χ0v) is 6.96. The average molecular weight is 168 g/mol. The summed E-state index contributed by atoms with van der Waals surface area (Å²) >= 11 is 0. The zero-order chi connectivity index (χ0) is 8.97. The Kier molecular flexibility index (Phi) is 3.01. The third-order valence-electron chi connectivity index (χ3n) is 1.59. The van der Waals surface area contributed by atoms with Crippen LogP contribution in [0, 0.1) is 5.21 Å². The lowest BCUT2D eigenvalue weighted by Gasteiger charge is -2.19. The number of carbonyl (C=O) groups is 1. The van der Waals surface area contributed by atoms with Gasteiger partial charge in [0.15, 0.2) is 0 Å². The van der Waals surface area contributed by atoms with Crippen LogP contribution in [0.15, 0.2) is 23.9 Å². The van der Waals surface area contributed by atoms with Crippen molar-refractivity contribution < 1.29 is 9.86 Å². The number of quaternary nitrogens is 1. The van der Waals surface area contributed by atoms with Crippen molar-refractivity contribution in [2.45, 2.75) is 6.92 Å². The summed E-state index contributed by atoms with van der Waals surface area (Å²) in [5.74, 6) is -0.0544. The summed E-state index contributed by atoms with van der Waals surface area (Å²) in [5, 5.41) is 13.5. The molecule has 2 N–H and O–H groups in total. The SMILES string of the molecule is CC(=O)NCC1=CC[NH+]([O-])C=C1. The first kappa shape index (κ1) is 8.96. The van der Waals surface area contributed by atoms with Crippen LogP contribution in [0.1, 0.15) is 6.92 Å². The first-order valence-electron chi connectivity index (χ1n) is 3.83. The second-order valence-corrected chi connectivity index (χ2v) is 2.69. The van der Waals surface area contributed by atoms with Gasteiger partial charge in [-0.05, 0) is 17.7 Å². The van der Waals surface area contributed by atoms with Gasteiger partial charge in [-0.15, -0.1) is 0 Å². The minimum Gasteiger partial charge on any atom is -0.629 e. The maximum atomic E-state index is 10.7. The first-order valence-corrected chi connectivity index (χ1v) is 3.83. The summed E-state index contributed by atoms with van der Waals surface area (Å²) in [4.78, 5) is 10.5. The normalized spacial score (nSPS) is 21.8. The molecular weight excluding hydrogens is 156 g/mol. The summed E-state index contributed by atoms with van der Waals surface area (Å²) in [5.41, 5.74) is 0.991. The monoisotopic (exact) mass is 168 g/mol. The highest BCUT2D eigenvalue weighted by atomic mass is 16.5. The number of amides is 1. The molecule has 0 bridgehead atoms. The second-order valence-electron chi connectivity index (χ2n) is 2.69. The summed E-state index contributed by atoms with van der Waals surface area (Å²) in [6, 6.07) is 0. The number of nitrogens with one attached hydrogen (secondary N) is 2. The highest BCUT2D eigenvalue weighted by Gasteiger charge is 2.01. The second kappa shape index (κ2) is 4.04. The number of rotatable bonds is 2. The molecule has 1 atom stereocenters. The maximum absolute atomic E-state index is 10.7. The molecule has 4 nitrogen and oxygen atoms in total. The van der Waals surface area contributed by atoms with Crippen molar-refractivity contribution in [2.24, 2.45) is 0 Å². The third-order valence-corrected chi connectivity index (χ3v) is 1.59. The van der Waals surface area contributed by atoms with Crippen molar-refractivity contribution in [3.8, 4) is 0 Å². The summed E-state index contributed by atoms with van der Waals surface area (Å²) in [6.07, 6.45) is 5.11. The molecule has 0 aromatic heterocycles. The molecule has 66 valence electrons. The number of hydroxylamine groups is 2. The highest BCUT2D eigenvalue weighted by molar-refractivity contribution is 5.73. The molecule has 12 heavy (non-hydrogen) atoms. The molecule has 4 heteroatoms. The van der Waals surface area contributed by atoms with Crippen molar-refractivity contribution in [3.63, 3.8) is 0 Å². The van der Waals surface area contributed by atoms with E-state index in [4.69, 9.17) is 0 Å². The van der Waals surface area contributed by atoms with Gasteiger partial charge in [-0.3, -0.25) is 4.79 Å². The van der Waals surface area contributed by atoms with Gasteiger partial charge in [0.2, 0.25) is 5.91 Å². The molecule has 0 saturated carbocycles. The van der Waals surface area contributed by atoms with E-state index in [0.717, 1.165) is 5.57 Å². The molecule has 0 fully saturated rings. The standard InChI is InChI=1S/C8H12N2O2/c1-7(11)9-6-8-2-4-10(12)5-3-8/h2-4,10H,5-6H2,1H3,(H,9,11). The predicted octanol–water partition coefficient (Wildman–Crippen LogP) is -1.04. The lowest BCUT2D eigenvalue weighted by molar-refractivity contribution is -0.784. The Bertz CT molecular complexity index is 233. The van der Waals surface area contributed by atoms with E-state index in [1.54, 1.807) is 6.08 Å². The van der Waals surface area contributed by atoms with Gasteiger partial charge in [0.25, 0.3) is 0 Å². The quantitative estimate of drug-likeness (QED) is 0.517. The van der Waals surface area contributed by atoms with Crippen molar-refractivity contribution in [2.75, 3.05) is 13.1 Å². The number of carbonyl (C=O) groups excluding carboxylic acids is 1. The van der Waals surface area contributed by atoms with Crippen LogP contribution >= 0.6 is 0 Å². The number of hydrogen-bond acceptors (Lipinski definition) is 2. The van der Waals surface area contributed by atoms with E-state index in [-0.39, 0.29) is 11.0 Å². The van der Waals surface area contributed by atoms with E-state index < -0.39 is 0 Å². The predicted molar refractivity (Wildman–Crippen MR) is 45.1 cm³/mol. The smallest absolute Gasteiger partial charge is 0.217 e. The van der Waals surface area contributed by atoms with Crippen molar-refractivity contribution in [1.29, 1.82) is 0 Å². The molecule has 1 amide bonds. The fraction of sp³-hybridized carbons (Fsp3) is 0.375. The molecule has 1 aliphatic heterocycles. The average Bonchev–Trinajstić information content (AvgIpc) is 2.03. The Morgan fingerprint density at radius 1 is 1.83 bits per heavy atom. The van der Waals surface area contributed by atoms with Crippen LogP contribution in [0.5, 0.6) is 0 Å². The molecule has 0 saturated heterocycles. The molecule has 0 radical (unpaired) electrons. The third kappa shape index (κ3) is 2.86. The van der Waals surface area contributed by atoms with Crippen LogP contribution in [0.3, 0.4) is 0 Å². The Morgan fingerprint density at radius 3 is 3.08 bits per heavy atom. The van der Waals surface area contributed by atoms with E-state index in [1.807, 2.05) is 6.08 Å². The van der Waals surface area contributed by atoms with Crippen LogP contribution in [0.4, 0.5) is 0 Å². The van der Waals surface area contributed by atoms with E-state index in [0.29, 0.717) is 13.1 Å². The van der Waals surface area contributed by atoms with Gasteiger partial charge in [-0.2, -0.15) is 0 Å². The van der Waals surface area contributed by atoms with Crippen molar-refractivity contribution in [1.82, 2.24) is 5.32 Å². The van der Waals surface area contributed by atoms with Crippen molar-refractivity contribution in [3.05, 3.63) is 29.1 Å². The largest absolute Gasteiger partial charge is 0.629 e. The lowest BCUT2D eigenvalue weighted by Crippen LogP contribution is -3.02. The summed E-state index contributed by atoms with van der Waals surface area (Å²) in [7, 11) is 0. The number of hydrogen-bond donors (Lipinski definition) is 2. The zero-order valence-electron chi connectivity index (χ0n) is 6.96. The van der Waals surface area contributed by atoms with Gasteiger partial charge in [0.05, 0.1) is 6.20 Å². The van der Waals surface area contributed by atoms with Gasteiger partial charge < -0.3 is 15.6 Å². The molecule has 0 aromatic carbocycles. The van der Waals surface area contributed by atoms with Crippen LogP contribution < -0.4 is 10.4 Å². The van der Waals surface area contributed by atoms with Crippen LogP contribution in [0.2, 0.25) is 0 Å². The Hall–Kier alpha value is -1.13. The van der Waals surface area contributed by atoms with Crippen LogP contribution in [-0.4, -0.2) is 19.0 Å². The minimum atomic E-state index is -0.0544. The highest BCUT2D eigenvalue weighted by Crippen LogP contribution is 1.95. The molecule has 0 aromatic rings.